The highest BCUT2D eigenvalue weighted by Gasteiger charge is 2.21. The van der Waals surface area contributed by atoms with E-state index in [2.05, 4.69) is 35.8 Å². The van der Waals surface area contributed by atoms with Gasteiger partial charge in [-0.2, -0.15) is 5.10 Å². The van der Waals surface area contributed by atoms with Crippen LogP contribution in [0.25, 0.3) is 11.4 Å². The van der Waals surface area contributed by atoms with Crippen LogP contribution in [0, 0.1) is 6.92 Å². The zero-order chi connectivity index (χ0) is 13.3. The second kappa shape index (κ2) is 4.40. The Morgan fingerprint density at radius 3 is 2.44 bits per heavy atom. The first kappa shape index (κ1) is 12.5. The minimum atomic E-state index is -0.115. The number of nitrogens with zero attached hydrogens (tertiary/aromatic N) is 4. The number of pyridine rings is 1. The van der Waals surface area contributed by atoms with E-state index in [1.807, 2.05) is 23.7 Å². The van der Waals surface area contributed by atoms with Crippen LogP contribution in [-0.4, -0.2) is 26.9 Å². The van der Waals surface area contributed by atoms with Crippen molar-refractivity contribution in [1.82, 2.24) is 19.7 Å². The lowest BCUT2D eigenvalue weighted by atomic mass is 10.1. The lowest BCUT2D eigenvalue weighted by Gasteiger charge is -2.21. The molecule has 2 rings (SSSR count). The number of hydrogen-bond acceptors (Lipinski definition) is 4. The van der Waals surface area contributed by atoms with Gasteiger partial charge in [0, 0.05) is 17.8 Å². The standard InChI is InChI=1S/C13H18N4O/c1-9-15-12(17(16-9)13(2,3)4)10-6-7-11(18-5)14-8-10/h6-8H,1-5H3. The fourth-order valence-corrected chi connectivity index (χ4v) is 1.70. The quantitative estimate of drug-likeness (QED) is 0.816. The predicted octanol–water partition coefficient (Wildman–Crippen LogP) is 2.41. The fraction of sp³-hybridized carbons (Fsp3) is 0.462. The highest BCUT2D eigenvalue weighted by Crippen LogP contribution is 2.24. The number of hydrogen-bond donors (Lipinski definition) is 0. The first-order valence-electron chi connectivity index (χ1n) is 5.86. The van der Waals surface area contributed by atoms with Gasteiger partial charge in [-0.3, -0.25) is 0 Å². The summed E-state index contributed by atoms with van der Waals surface area (Å²) >= 11 is 0. The van der Waals surface area contributed by atoms with Crippen molar-refractivity contribution in [3.05, 3.63) is 24.2 Å². The Labute approximate surface area is 107 Å². The van der Waals surface area contributed by atoms with Crippen LogP contribution in [-0.2, 0) is 5.54 Å². The fourth-order valence-electron chi connectivity index (χ4n) is 1.70. The Kier molecular flexibility index (Phi) is 3.07. The summed E-state index contributed by atoms with van der Waals surface area (Å²) in [6.45, 7) is 8.19. The molecule has 0 fully saturated rings. The molecule has 0 saturated carbocycles. The molecule has 0 bridgehead atoms. The molecule has 0 aliphatic heterocycles. The number of aromatic nitrogens is 4. The van der Waals surface area contributed by atoms with E-state index < -0.39 is 0 Å². The van der Waals surface area contributed by atoms with Crippen molar-refractivity contribution in [3.63, 3.8) is 0 Å². The molecule has 5 nitrogen and oxygen atoms in total. The Morgan fingerprint density at radius 1 is 1.22 bits per heavy atom. The van der Waals surface area contributed by atoms with Gasteiger partial charge in [0.1, 0.15) is 5.82 Å². The average Bonchev–Trinajstić information content (AvgIpc) is 2.71. The SMILES string of the molecule is COc1ccc(-c2nc(C)nn2C(C)(C)C)cn1. The van der Waals surface area contributed by atoms with Crippen LogP contribution < -0.4 is 4.74 Å². The number of aryl methyl sites for hydroxylation is 1. The van der Waals surface area contributed by atoms with E-state index in [1.54, 1.807) is 13.3 Å². The maximum absolute atomic E-state index is 5.05. The van der Waals surface area contributed by atoms with Gasteiger partial charge in [0.05, 0.1) is 12.6 Å². The summed E-state index contributed by atoms with van der Waals surface area (Å²) in [5, 5.41) is 4.45. The Bertz CT molecular complexity index is 537. The number of methoxy groups -OCH3 is 1. The van der Waals surface area contributed by atoms with Crippen molar-refractivity contribution in [2.45, 2.75) is 33.2 Å². The number of rotatable bonds is 2. The number of ether oxygens (including phenoxy) is 1. The van der Waals surface area contributed by atoms with Crippen molar-refractivity contribution in [2.24, 2.45) is 0 Å². The van der Waals surface area contributed by atoms with Crippen LogP contribution in [0.1, 0.15) is 26.6 Å². The van der Waals surface area contributed by atoms with Gasteiger partial charge in [-0.25, -0.2) is 14.6 Å². The monoisotopic (exact) mass is 246 g/mol. The molecule has 0 radical (unpaired) electrons. The molecule has 0 amide bonds. The van der Waals surface area contributed by atoms with Crippen molar-refractivity contribution in [1.29, 1.82) is 0 Å². The molecule has 0 aliphatic rings. The lowest BCUT2D eigenvalue weighted by molar-refractivity contribution is 0.358. The van der Waals surface area contributed by atoms with E-state index >= 15 is 0 Å². The molecular weight excluding hydrogens is 228 g/mol. The van der Waals surface area contributed by atoms with Crippen LogP contribution in [0.4, 0.5) is 0 Å². The molecule has 0 unspecified atom stereocenters. The third-order valence-corrected chi connectivity index (χ3v) is 2.55. The molecule has 0 aromatic carbocycles. The summed E-state index contributed by atoms with van der Waals surface area (Å²) in [6, 6.07) is 3.77. The molecule has 18 heavy (non-hydrogen) atoms. The van der Waals surface area contributed by atoms with Gasteiger partial charge in [0.15, 0.2) is 5.82 Å². The average molecular weight is 246 g/mol. The molecule has 0 saturated heterocycles. The minimum Gasteiger partial charge on any atom is -0.481 e. The molecule has 5 heteroatoms. The summed E-state index contributed by atoms with van der Waals surface area (Å²) in [7, 11) is 1.60. The third kappa shape index (κ3) is 2.34. The zero-order valence-corrected chi connectivity index (χ0v) is 11.4. The second-order valence-electron chi connectivity index (χ2n) is 5.15. The van der Waals surface area contributed by atoms with Crippen LogP contribution in [0.3, 0.4) is 0 Å². The summed E-state index contributed by atoms with van der Waals surface area (Å²) in [4.78, 5) is 8.68. The second-order valence-corrected chi connectivity index (χ2v) is 5.15. The van der Waals surface area contributed by atoms with E-state index in [4.69, 9.17) is 4.74 Å². The first-order chi connectivity index (χ1) is 8.41. The topological polar surface area (TPSA) is 52.8 Å². The lowest BCUT2D eigenvalue weighted by Crippen LogP contribution is -2.24. The Hall–Kier alpha value is -1.91. The van der Waals surface area contributed by atoms with E-state index in [0.29, 0.717) is 5.88 Å². The normalized spacial score (nSPS) is 11.6. The van der Waals surface area contributed by atoms with Crippen LogP contribution in [0.15, 0.2) is 18.3 Å². The van der Waals surface area contributed by atoms with Crippen LogP contribution in [0.5, 0.6) is 5.88 Å². The van der Waals surface area contributed by atoms with Gasteiger partial charge >= 0.3 is 0 Å². The van der Waals surface area contributed by atoms with E-state index in [0.717, 1.165) is 17.2 Å². The summed E-state index contributed by atoms with van der Waals surface area (Å²) in [6.07, 6.45) is 1.75. The highest BCUT2D eigenvalue weighted by atomic mass is 16.5. The minimum absolute atomic E-state index is 0.115. The summed E-state index contributed by atoms with van der Waals surface area (Å²) in [5.74, 6) is 2.18. The summed E-state index contributed by atoms with van der Waals surface area (Å²) < 4.78 is 6.98. The zero-order valence-electron chi connectivity index (χ0n) is 11.4. The molecular formula is C13H18N4O. The highest BCUT2D eigenvalue weighted by molar-refractivity contribution is 5.54. The molecule has 0 N–H and O–H groups in total. The molecule has 0 atom stereocenters. The molecule has 0 spiro atoms. The first-order valence-corrected chi connectivity index (χ1v) is 5.86. The maximum Gasteiger partial charge on any atom is 0.212 e. The van der Waals surface area contributed by atoms with Gasteiger partial charge in [0.25, 0.3) is 0 Å². The predicted molar refractivity (Wildman–Crippen MR) is 69.5 cm³/mol. The van der Waals surface area contributed by atoms with Crippen LogP contribution in [0.2, 0.25) is 0 Å². The smallest absolute Gasteiger partial charge is 0.212 e. The Morgan fingerprint density at radius 2 is 1.94 bits per heavy atom. The van der Waals surface area contributed by atoms with Crippen molar-refractivity contribution in [2.75, 3.05) is 7.11 Å². The van der Waals surface area contributed by atoms with Crippen molar-refractivity contribution in [3.8, 4) is 17.3 Å². The van der Waals surface area contributed by atoms with Gasteiger partial charge < -0.3 is 4.74 Å². The van der Waals surface area contributed by atoms with Gasteiger partial charge in [-0.15, -0.1) is 0 Å². The largest absolute Gasteiger partial charge is 0.481 e. The summed E-state index contributed by atoms with van der Waals surface area (Å²) in [5.41, 5.74) is 0.822. The van der Waals surface area contributed by atoms with Gasteiger partial charge in [0.2, 0.25) is 5.88 Å². The Balaban J connectivity index is 2.49. The van der Waals surface area contributed by atoms with E-state index in [-0.39, 0.29) is 5.54 Å². The molecule has 0 aliphatic carbocycles. The maximum atomic E-state index is 5.05. The van der Waals surface area contributed by atoms with Crippen LogP contribution >= 0.6 is 0 Å². The van der Waals surface area contributed by atoms with Crippen molar-refractivity contribution >= 4 is 0 Å². The van der Waals surface area contributed by atoms with E-state index in [1.165, 1.54) is 0 Å². The van der Waals surface area contributed by atoms with Gasteiger partial charge in [-0.1, -0.05) is 0 Å². The molecule has 96 valence electrons. The van der Waals surface area contributed by atoms with E-state index in [9.17, 15) is 0 Å². The van der Waals surface area contributed by atoms with Gasteiger partial charge in [-0.05, 0) is 33.8 Å². The molecule has 2 heterocycles. The molecule has 2 aromatic rings. The third-order valence-electron chi connectivity index (χ3n) is 2.55. The van der Waals surface area contributed by atoms with Crippen molar-refractivity contribution < 1.29 is 4.74 Å². The molecule has 2 aromatic heterocycles.